The second-order valence-electron chi connectivity index (χ2n) is 6.79. The summed E-state index contributed by atoms with van der Waals surface area (Å²) in [5.41, 5.74) is 2.23. The highest BCUT2D eigenvalue weighted by atomic mass is 35.5. The molecular formula is C21H22ClNO3. The number of carboxylic acid groups (broad SMARTS) is 1. The molecule has 1 aliphatic rings. The van der Waals surface area contributed by atoms with Crippen molar-refractivity contribution in [3.63, 3.8) is 0 Å². The lowest BCUT2D eigenvalue weighted by atomic mass is 9.88. The number of amides is 1. The van der Waals surface area contributed by atoms with Gasteiger partial charge in [0.25, 0.3) is 0 Å². The molecule has 1 amide bonds. The first-order valence-electron chi connectivity index (χ1n) is 8.86. The van der Waals surface area contributed by atoms with E-state index in [9.17, 15) is 14.7 Å². The minimum absolute atomic E-state index is 0.136. The van der Waals surface area contributed by atoms with Crippen LogP contribution in [0.4, 0.5) is 0 Å². The van der Waals surface area contributed by atoms with Crippen LogP contribution in [0.1, 0.15) is 34.3 Å². The average Bonchev–Trinajstić information content (AvgIpc) is 2.64. The highest BCUT2D eigenvalue weighted by Gasteiger charge is 2.24. The van der Waals surface area contributed by atoms with E-state index in [1.165, 1.54) is 0 Å². The van der Waals surface area contributed by atoms with E-state index in [0.29, 0.717) is 22.9 Å². The van der Waals surface area contributed by atoms with Crippen LogP contribution in [0.2, 0.25) is 5.02 Å². The Morgan fingerprint density at radius 2 is 1.69 bits per heavy atom. The summed E-state index contributed by atoms with van der Waals surface area (Å²) < 4.78 is 0. The van der Waals surface area contributed by atoms with Crippen molar-refractivity contribution in [3.8, 4) is 0 Å². The fraction of sp³-hybridized carbons (Fsp3) is 0.333. The molecule has 0 aliphatic carbocycles. The molecule has 0 unspecified atom stereocenters. The first kappa shape index (κ1) is 18.5. The molecule has 0 spiro atoms. The van der Waals surface area contributed by atoms with E-state index in [-0.39, 0.29) is 5.91 Å². The Morgan fingerprint density at radius 1 is 1.04 bits per heavy atom. The number of rotatable bonds is 5. The van der Waals surface area contributed by atoms with Crippen molar-refractivity contribution in [2.45, 2.75) is 25.7 Å². The van der Waals surface area contributed by atoms with Gasteiger partial charge in [-0.3, -0.25) is 4.79 Å². The molecule has 0 radical (unpaired) electrons. The Morgan fingerprint density at radius 3 is 2.35 bits per heavy atom. The molecule has 136 valence electrons. The van der Waals surface area contributed by atoms with Gasteiger partial charge >= 0.3 is 5.97 Å². The second kappa shape index (κ2) is 8.37. The highest BCUT2D eigenvalue weighted by molar-refractivity contribution is 6.30. The predicted molar refractivity (Wildman–Crippen MR) is 102 cm³/mol. The molecule has 1 heterocycles. The van der Waals surface area contributed by atoms with Crippen LogP contribution in [0.5, 0.6) is 0 Å². The van der Waals surface area contributed by atoms with Crippen LogP contribution in [-0.2, 0) is 17.6 Å². The summed E-state index contributed by atoms with van der Waals surface area (Å²) in [4.78, 5) is 25.7. The largest absolute Gasteiger partial charge is 0.478 e. The molecule has 1 aliphatic heterocycles. The van der Waals surface area contributed by atoms with Gasteiger partial charge in [-0.15, -0.1) is 0 Å². The van der Waals surface area contributed by atoms with Crippen LogP contribution < -0.4 is 0 Å². The number of piperidine rings is 1. The number of halogens is 1. The lowest BCUT2D eigenvalue weighted by Crippen LogP contribution is -2.39. The number of carbonyl (C=O) groups excluding carboxylic acids is 1. The van der Waals surface area contributed by atoms with E-state index in [0.717, 1.165) is 43.5 Å². The van der Waals surface area contributed by atoms with Gasteiger partial charge in [0.05, 0.1) is 12.0 Å². The molecule has 1 fully saturated rings. The third kappa shape index (κ3) is 4.64. The van der Waals surface area contributed by atoms with Crippen molar-refractivity contribution in [1.29, 1.82) is 0 Å². The van der Waals surface area contributed by atoms with E-state index in [2.05, 4.69) is 0 Å². The highest BCUT2D eigenvalue weighted by Crippen LogP contribution is 2.24. The summed E-state index contributed by atoms with van der Waals surface area (Å²) in [7, 11) is 0. The molecule has 5 heteroatoms. The lowest BCUT2D eigenvalue weighted by Gasteiger charge is -2.32. The second-order valence-corrected chi connectivity index (χ2v) is 7.23. The average molecular weight is 372 g/mol. The summed E-state index contributed by atoms with van der Waals surface area (Å²) in [5.74, 6) is -0.331. The van der Waals surface area contributed by atoms with Gasteiger partial charge in [0.1, 0.15) is 0 Å². The lowest BCUT2D eigenvalue weighted by molar-refractivity contribution is -0.131. The van der Waals surface area contributed by atoms with Crippen LogP contribution in [-0.4, -0.2) is 35.0 Å². The van der Waals surface area contributed by atoms with Gasteiger partial charge in [0, 0.05) is 18.1 Å². The number of hydrogen-bond acceptors (Lipinski definition) is 2. The maximum atomic E-state index is 12.5. The molecule has 3 rings (SSSR count). The molecular weight excluding hydrogens is 350 g/mol. The van der Waals surface area contributed by atoms with Crippen molar-refractivity contribution < 1.29 is 14.7 Å². The molecule has 2 aromatic carbocycles. The van der Waals surface area contributed by atoms with Gasteiger partial charge < -0.3 is 10.0 Å². The molecule has 0 atom stereocenters. The maximum absolute atomic E-state index is 12.5. The number of benzene rings is 2. The Balaban J connectivity index is 1.53. The van der Waals surface area contributed by atoms with E-state index >= 15 is 0 Å². The van der Waals surface area contributed by atoms with E-state index in [1.807, 2.05) is 29.2 Å². The minimum Gasteiger partial charge on any atom is -0.478 e. The smallest absolute Gasteiger partial charge is 0.335 e. The number of carbonyl (C=O) groups is 2. The van der Waals surface area contributed by atoms with Crippen LogP contribution in [0.3, 0.4) is 0 Å². The predicted octanol–water partition coefficient (Wildman–Crippen LogP) is 4.06. The fourth-order valence-electron chi connectivity index (χ4n) is 3.49. The normalized spacial score (nSPS) is 15.0. The topological polar surface area (TPSA) is 57.6 Å². The molecule has 0 aromatic heterocycles. The summed E-state index contributed by atoms with van der Waals surface area (Å²) >= 11 is 5.88. The molecule has 2 aromatic rings. The standard InChI is InChI=1S/C21H22ClNO3/c22-18-7-5-15(6-8-18)14-20(24)23-11-9-16(10-12-23)13-17-3-1-2-4-19(17)21(25)26/h1-8,16H,9-14H2,(H,25,26). The zero-order valence-electron chi connectivity index (χ0n) is 14.5. The third-order valence-corrected chi connectivity index (χ3v) is 5.24. The summed E-state index contributed by atoms with van der Waals surface area (Å²) in [5, 5.41) is 9.98. The Kier molecular flexibility index (Phi) is 5.94. The zero-order chi connectivity index (χ0) is 18.5. The summed E-state index contributed by atoms with van der Waals surface area (Å²) in [6, 6.07) is 14.6. The van der Waals surface area contributed by atoms with E-state index in [1.54, 1.807) is 24.3 Å². The van der Waals surface area contributed by atoms with Crippen molar-refractivity contribution in [2.75, 3.05) is 13.1 Å². The van der Waals surface area contributed by atoms with Crippen molar-refractivity contribution in [2.24, 2.45) is 5.92 Å². The number of aromatic carboxylic acids is 1. The summed E-state index contributed by atoms with van der Waals surface area (Å²) in [6.07, 6.45) is 2.95. The molecule has 1 N–H and O–H groups in total. The molecule has 4 nitrogen and oxygen atoms in total. The summed E-state index contributed by atoms with van der Waals surface area (Å²) in [6.45, 7) is 1.46. The monoisotopic (exact) mass is 371 g/mol. The van der Waals surface area contributed by atoms with Gasteiger partial charge in [0.2, 0.25) is 5.91 Å². The number of nitrogens with zero attached hydrogens (tertiary/aromatic N) is 1. The third-order valence-electron chi connectivity index (χ3n) is 4.99. The van der Waals surface area contributed by atoms with Gasteiger partial charge in [0.15, 0.2) is 0 Å². The van der Waals surface area contributed by atoms with Crippen molar-refractivity contribution in [3.05, 3.63) is 70.2 Å². The zero-order valence-corrected chi connectivity index (χ0v) is 15.3. The Hall–Kier alpha value is -2.33. The van der Waals surface area contributed by atoms with Gasteiger partial charge in [-0.25, -0.2) is 4.79 Å². The van der Waals surface area contributed by atoms with Crippen LogP contribution in [0.15, 0.2) is 48.5 Å². The van der Waals surface area contributed by atoms with E-state index < -0.39 is 5.97 Å². The molecule has 26 heavy (non-hydrogen) atoms. The maximum Gasteiger partial charge on any atom is 0.335 e. The first-order chi connectivity index (χ1) is 12.5. The van der Waals surface area contributed by atoms with Gasteiger partial charge in [-0.2, -0.15) is 0 Å². The molecule has 0 bridgehead atoms. The number of likely N-dealkylation sites (tertiary alicyclic amines) is 1. The minimum atomic E-state index is -0.879. The number of carboxylic acids is 1. The first-order valence-corrected chi connectivity index (χ1v) is 9.24. The molecule has 1 saturated heterocycles. The number of hydrogen-bond donors (Lipinski definition) is 1. The van der Waals surface area contributed by atoms with Crippen LogP contribution in [0.25, 0.3) is 0 Å². The van der Waals surface area contributed by atoms with Gasteiger partial charge in [-0.05, 0) is 54.5 Å². The van der Waals surface area contributed by atoms with Gasteiger partial charge in [-0.1, -0.05) is 41.9 Å². The Bertz CT molecular complexity index is 780. The quantitative estimate of drug-likeness (QED) is 0.862. The van der Waals surface area contributed by atoms with E-state index in [4.69, 9.17) is 11.6 Å². The van der Waals surface area contributed by atoms with Crippen molar-refractivity contribution >= 4 is 23.5 Å². The fourth-order valence-corrected chi connectivity index (χ4v) is 3.62. The molecule has 0 saturated carbocycles. The Labute approximate surface area is 158 Å². The SMILES string of the molecule is O=C(O)c1ccccc1CC1CCN(C(=O)Cc2ccc(Cl)cc2)CC1. The van der Waals surface area contributed by atoms with Crippen LogP contribution >= 0.6 is 11.6 Å². The van der Waals surface area contributed by atoms with Crippen molar-refractivity contribution in [1.82, 2.24) is 4.90 Å². The van der Waals surface area contributed by atoms with Crippen LogP contribution in [0, 0.1) is 5.92 Å².